The van der Waals surface area contributed by atoms with E-state index in [1.165, 1.54) is 0 Å². The van der Waals surface area contributed by atoms with Crippen LogP contribution in [-0.2, 0) is 5.88 Å². The third kappa shape index (κ3) is 1.76. The lowest BCUT2D eigenvalue weighted by atomic mass is 10.2. The van der Waals surface area contributed by atoms with Gasteiger partial charge in [0, 0.05) is 3.57 Å². The van der Waals surface area contributed by atoms with E-state index in [1.807, 2.05) is 6.07 Å². The number of nitrogens with zero attached hydrogens (tertiary/aromatic N) is 1. The Morgan fingerprint density at radius 2 is 2.29 bits per heavy atom. The van der Waals surface area contributed by atoms with Gasteiger partial charge in [-0.2, -0.15) is 0 Å². The molecule has 0 aliphatic heterocycles. The van der Waals surface area contributed by atoms with Crippen molar-refractivity contribution in [3.63, 3.8) is 0 Å². The van der Waals surface area contributed by atoms with Crippen molar-refractivity contribution in [2.45, 2.75) is 5.88 Å². The van der Waals surface area contributed by atoms with Crippen molar-refractivity contribution in [2.24, 2.45) is 0 Å². The van der Waals surface area contributed by atoms with Crippen molar-refractivity contribution in [2.75, 3.05) is 0 Å². The zero-order valence-electron chi connectivity index (χ0n) is 6.96. The molecule has 1 aromatic carbocycles. The maximum absolute atomic E-state index is 11.4. The smallest absolute Gasteiger partial charge is 0.346 e. The van der Waals surface area contributed by atoms with Crippen LogP contribution >= 0.6 is 34.2 Å². The second-order valence-electron chi connectivity index (χ2n) is 2.69. The van der Waals surface area contributed by atoms with Gasteiger partial charge in [0.05, 0.1) is 16.8 Å². The summed E-state index contributed by atoms with van der Waals surface area (Å²) < 4.78 is 5.87. The summed E-state index contributed by atoms with van der Waals surface area (Å²) in [5.41, 5.74) is 0.237. The van der Waals surface area contributed by atoms with E-state index in [9.17, 15) is 4.79 Å². The first-order valence-corrected chi connectivity index (χ1v) is 5.47. The summed E-state index contributed by atoms with van der Waals surface area (Å²) in [5.74, 6) is 0.363. The zero-order chi connectivity index (χ0) is 10.1. The Bertz CT molecular complexity index is 538. The van der Waals surface area contributed by atoms with Crippen LogP contribution < -0.4 is 5.63 Å². The van der Waals surface area contributed by atoms with Gasteiger partial charge in [-0.05, 0) is 40.8 Å². The summed E-state index contributed by atoms with van der Waals surface area (Å²) in [7, 11) is 0. The molecule has 0 atom stereocenters. The van der Waals surface area contributed by atoms with Crippen LogP contribution in [-0.4, -0.2) is 4.98 Å². The summed E-state index contributed by atoms with van der Waals surface area (Å²) in [6, 6.07) is 5.41. The Balaban J connectivity index is 2.83. The average Bonchev–Trinajstić information content (AvgIpc) is 2.19. The van der Waals surface area contributed by atoms with Gasteiger partial charge in [0.1, 0.15) is 0 Å². The minimum atomic E-state index is -0.385. The van der Waals surface area contributed by atoms with Gasteiger partial charge in [-0.25, -0.2) is 9.78 Å². The second-order valence-corrected chi connectivity index (χ2v) is 4.20. The number of alkyl halides is 1. The molecule has 0 radical (unpaired) electrons. The first-order valence-electron chi connectivity index (χ1n) is 3.86. The van der Waals surface area contributed by atoms with Crippen LogP contribution in [0.5, 0.6) is 0 Å². The molecule has 0 unspecified atom stereocenters. The van der Waals surface area contributed by atoms with E-state index < -0.39 is 0 Å². The molecule has 14 heavy (non-hydrogen) atoms. The molecule has 0 aliphatic carbocycles. The van der Waals surface area contributed by atoms with Crippen LogP contribution in [0, 0.1) is 3.57 Å². The fourth-order valence-electron chi connectivity index (χ4n) is 1.15. The van der Waals surface area contributed by atoms with Gasteiger partial charge >= 0.3 is 5.63 Å². The van der Waals surface area contributed by atoms with Crippen molar-refractivity contribution in [3.05, 3.63) is 38.1 Å². The quantitative estimate of drug-likeness (QED) is 0.599. The molecule has 1 heterocycles. The van der Waals surface area contributed by atoms with E-state index in [0.29, 0.717) is 10.9 Å². The molecule has 0 spiro atoms. The highest BCUT2D eigenvalue weighted by Crippen LogP contribution is 2.13. The zero-order valence-corrected chi connectivity index (χ0v) is 9.87. The summed E-state index contributed by atoms with van der Waals surface area (Å²) in [4.78, 5) is 15.5. The van der Waals surface area contributed by atoms with Crippen LogP contribution in [0.2, 0.25) is 0 Å². The molecular formula is C9H5ClINO2. The molecule has 0 saturated heterocycles. The molecule has 72 valence electrons. The Labute approximate surface area is 98.2 Å². The van der Waals surface area contributed by atoms with Crippen molar-refractivity contribution < 1.29 is 4.42 Å². The van der Waals surface area contributed by atoms with Crippen molar-refractivity contribution in [3.8, 4) is 0 Å². The molecule has 1 aromatic heterocycles. The van der Waals surface area contributed by atoms with E-state index in [4.69, 9.17) is 16.0 Å². The largest absolute Gasteiger partial charge is 0.407 e. The molecular weight excluding hydrogens is 316 g/mol. The van der Waals surface area contributed by atoms with Gasteiger partial charge in [0.15, 0.2) is 0 Å². The van der Waals surface area contributed by atoms with Crippen LogP contribution in [0.15, 0.2) is 27.4 Å². The van der Waals surface area contributed by atoms with Crippen molar-refractivity contribution in [1.29, 1.82) is 0 Å². The summed E-state index contributed by atoms with van der Waals surface area (Å²) in [6.45, 7) is 0. The average molecular weight is 322 g/mol. The first-order chi connectivity index (χ1) is 6.70. The number of halogens is 2. The Morgan fingerprint density at radius 1 is 1.50 bits per heavy atom. The van der Waals surface area contributed by atoms with Gasteiger partial charge < -0.3 is 4.42 Å². The maximum atomic E-state index is 11.4. The highest BCUT2D eigenvalue weighted by molar-refractivity contribution is 14.1. The normalized spacial score (nSPS) is 10.7. The molecule has 0 N–H and O–H groups in total. The minimum Gasteiger partial charge on any atom is -0.407 e. The monoisotopic (exact) mass is 321 g/mol. The van der Waals surface area contributed by atoms with Gasteiger partial charge in [-0.1, -0.05) is 0 Å². The molecule has 5 heteroatoms. The van der Waals surface area contributed by atoms with Gasteiger partial charge in [0.25, 0.3) is 0 Å². The molecule has 0 amide bonds. The first kappa shape index (κ1) is 9.92. The molecule has 0 aliphatic rings. The Hall–Kier alpha value is -0.620. The predicted molar refractivity (Wildman–Crippen MR) is 62.6 cm³/mol. The SMILES string of the molecule is O=c1oc(CCl)nc2ccc(I)cc12. The maximum Gasteiger partial charge on any atom is 0.346 e. The lowest BCUT2D eigenvalue weighted by Gasteiger charge is -1.98. The van der Waals surface area contributed by atoms with E-state index in [1.54, 1.807) is 12.1 Å². The number of fused-ring (bicyclic) bond motifs is 1. The van der Waals surface area contributed by atoms with Crippen molar-refractivity contribution >= 4 is 45.1 Å². The Kier molecular flexibility index (Phi) is 2.73. The van der Waals surface area contributed by atoms with Crippen LogP contribution in [0.3, 0.4) is 0 Å². The highest BCUT2D eigenvalue weighted by atomic mass is 127. The van der Waals surface area contributed by atoms with E-state index >= 15 is 0 Å². The number of hydrogen-bond donors (Lipinski definition) is 0. The van der Waals surface area contributed by atoms with E-state index in [0.717, 1.165) is 3.57 Å². The van der Waals surface area contributed by atoms with Gasteiger partial charge in [-0.3, -0.25) is 0 Å². The molecule has 2 rings (SSSR count). The number of hydrogen-bond acceptors (Lipinski definition) is 3. The lowest BCUT2D eigenvalue weighted by molar-refractivity contribution is 0.462. The molecule has 0 saturated carbocycles. The van der Waals surface area contributed by atoms with Crippen molar-refractivity contribution in [1.82, 2.24) is 4.98 Å². The molecule has 0 bridgehead atoms. The summed E-state index contributed by atoms with van der Waals surface area (Å²) in [6.07, 6.45) is 0. The third-order valence-electron chi connectivity index (χ3n) is 1.75. The van der Waals surface area contributed by atoms with Crippen LogP contribution in [0.1, 0.15) is 5.89 Å². The van der Waals surface area contributed by atoms with Gasteiger partial charge in [-0.15, -0.1) is 11.6 Å². The highest BCUT2D eigenvalue weighted by Gasteiger charge is 2.05. The van der Waals surface area contributed by atoms with E-state index in [-0.39, 0.29) is 17.4 Å². The van der Waals surface area contributed by atoms with E-state index in [2.05, 4.69) is 27.6 Å². The number of rotatable bonds is 1. The van der Waals surface area contributed by atoms with Crippen LogP contribution in [0.4, 0.5) is 0 Å². The number of aromatic nitrogens is 1. The minimum absolute atomic E-state index is 0.108. The third-order valence-corrected chi connectivity index (χ3v) is 2.65. The summed E-state index contributed by atoms with van der Waals surface area (Å²) >= 11 is 7.66. The van der Waals surface area contributed by atoms with Gasteiger partial charge in [0.2, 0.25) is 5.89 Å². The topological polar surface area (TPSA) is 43.1 Å². The molecule has 0 fully saturated rings. The molecule has 3 nitrogen and oxygen atoms in total. The standard InChI is InChI=1S/C9H5ClINO2/c10-4-8-12-7-2-1-5(11)3-6(7)9(13)14-8/h1-3H,4H2. The second kappa shape index (κ2) is 3.86. The fraction of sp³-hybridized carbons (Fsp3) is 0.111. The Morgan fingerprint density at radius 3 is 3.00 bits per heavy atom. The number of benzene rings is 1. The fourth-order valence-corrected chi connectivity index (χ4v) is 1.75. The summed E-state index contributed by atoms with van der Waals surface area (Å²) in [5, 5.41) is 0.491. The molecule has 2 aromatic rings. The van der Waals surface area contributed by atoms with Crippen LogP contribution in [0.25, 0.3) is 10.9 Å². The predicted octanol–water partition coefficient (Wildman–Crippen LogP) is 2.53. The lowest BCUT2D eigenvalue weighted by Crippen LogP contribution is -2.04.